The molecule has 0 bridgehead atoms. The Morgan fingerprint density at radius 1 is 1.02 bits per heavy atom. The minimum absolute atomic E-state index is 0.0205. The number of amides is 1. The molecule has 5 aromatic rings. The first-order valence-electron chi connectivity index (χ1n) is 15.0. The molecule has 6 N–H and O–H groups in total. The molecule has 5 rings (SSSR count). The van der Waals surface area contributed by atoms with E-state index in [1.54, 1.807) is 61.7 Å². The number of H-pyrrole nitrogens is 1. The summed E-state index contributed by atoms with van der Waals surface area (Å²) >= 11 is 0. The number of esters is 1. The van der Waals surface area contributed by atoms with Crippen molar-refractivity contribution < 1.29 is 27.3 Å². The van der Waals surface area contributed by atoms with Crippen molar-refractivity contribution in [3.8, 4) is 0 Å². The Morgan fingerprint density at radius 3 is 2.33 bits per heavy atom. The summed E-state index contributed by atoms with van der Waals surface area (Å²) in [4.78, 5) is 39.4. The average Bonchev–Trinajstić information content (AvgIpc) is 3.49. The third kappa shape index (κ3) is 9.24. The van der Waals surface area contributed by atoms with E-state index < -0.39 is 10.1 Å². The van der Waals surface area contributed by atoms with Crippen LogP contribution in [0.1, 0.15) is 46.2 Å². The van der Waals surface area contributed by atoms with Crippen LogP contribution in [0.5, 0.6) is 0 Å². The number of nitrogens with one attached hydrogen (secondary N) is 3. The summed E-state index contributed by atoms with van der Waals surface area (Å²) < 4.78 is 34.6. The number of carbonyl (C=O) groups excluding carboxylic acids is 2. The van der Waals surface area contributed by atoms with Gasteiger partial charge in [-0.05, 0) is 87.0 Å². The number of ether oxygens (including phenoxy) is 1. The molecule has 250 valence electrons. The van der Waals surface area contributed by atoms with Gasteiger partial charge >= 0.3 is 5.97 Å². The predicted molar refractivity (Wildman–Crippen MR) is 184 cm³/mol. The fraction of sp³-hybridized carbons (Fsp3) is 0.206. The minimum atomic E-state index is -4.02. The first kappa shape index (κ1) is 35.3. The number of amidine groups is 1. The molecule has 2 aromatic heterocycles. The fourth-order valence-corrected chi connectivity index (χ4v) is 5.14. The monoisotopic (exact) mass is 671 g/mol. The van der Waals surface area contributed by atoms with Crippen LogP contribution in [0.2, 0.25) is 0 Å². The van der Waals surface area contributed by atoms with E-state index in [9.17, 15) is 18.0 Å². The number of benzene rings is 3. The van der Waals surface area contributed by atoms with Gasteiger partial charge < -0.3 is 20.8 Å². The molecule has 0 unspecified atom stereocenters. The van der Waals surface area contributed by atoms with Crippen molar-refractivity contribution in [2.24, 2.45) is 5.73 Å². The van der Waals surface area contributed by atoms with Crippen LogP contribution < -0.4 is 16.0 Å². The van der Waals surface area contributed by atoms with E-state index in [0.29, 0.717) is 34.8 Å². The number of pyridine rings is 1. The van der Waals surface area contributed by atoms with Crippen molar-refractivity contribution in [3.05, 3.63) is 113 Å². The number of imidazole rings is 1. The van der Waals surface area contributed by atoms with Gasteiger partial charge in [-0.15, -0.1) is 0 Å². The average molecular weight is 672 g/mol. The van der Waals surface area contributed by atoms with E-state index in [-0.39, 0.29) is 42.2 Å². The summed E-state index contributed by atoms with van der Waals surface area (Å²) in [5.74, 6) is 0.549. The van der Waals surface area contributed by atoms with E-state index >= 15 is 0 Å². The van der Waals surface area contributed by atoms with Crippen molar-refractivity contribution in [2.75, 3.05) is 23.4 Å². The number of rotatable bonds is 11. The van der Waals surface area contributed by atoms with E-state index in [1.807, 2.05) is 32.0 Å². The highest BCUT2D eigenvalue weighted by Gasteiger charge is 2.23. The van der Waals surface area contributed by atoms with E-state index in [0.717, 1.165) is 22.3 Å². The number of nitrogen functional groups attached to an aromatic ring is 1. The Kier molecular flexibility index (Phi) is 11.6. The van der Waals surface area contributed by atoms with Gasteiger partial charge in [-0.3, -0.25) is 24.5 Å². The maximum Gasteiger partial charge on any atom is 0.307 e. The van der Waals surface area contributed by atoms with Gasteiger partial charge in [0, 0.05) is 29.6 Å². The second-order valence-electron chi connectivity index (χ2n) is 10.7. The van der Waals surface area contributed by atoms with Gasteiger partial charge in [0.15, 0.2) is 0 Å². The normalized spacial score (nSPS) is 10.9. The Morgan fingerprint density at radius 2 is 1.73 bits per heavy atom. The number of nitrogens with zero attached hydrogens (tertiary/aromatic N) is 3. The van der Waals surface area contributed by atoms with Crippen molar-refractivity contribution >= 4 is 50.4 Å². The number of hydrogen-bond acceptors (Lipinski definition) is 9. The van der Waals surface area contributed by atoms with Gasteiger partial charge in [-0.2, -0.15) is 8.42 Å². The topological polar surface area (TPSA) is 204 Å². The van der Waals surface area contributed by atoms with Crippen molar-refractivity contribution in [1.82, 2.24) is 15.0 Å². The van der Waals surface area contributed by atoms with Crippen LogP contribution in [0.3, 0.4) is 0 Å². The zero-order chi connectivity index (χ0) is 34.8. The number of aromatic nitrogens is 3. The standard InChI is InChI=1S/C27H29N7O3.C7H8O3S/c1-3-37-24(35)13-15-34(23-6-4-5-14-30-23)27(36)20-11-12-21-25(17(20)2)33-22(32-21)16-31-19-9-7-18(8-10-19)26(28)29;1-6-2-4-7(5-3-6)11(8,9)10/h4-12,14,31H,3,13,15-16H2,1-2H3,(H3,28,29)(H,32,33);2-5H,1H3,(H,8,9,10). The summed E-state index contributed by atoms with van der Waals surface area (Å²) in [6, 6.07) is 22.1. The number of fused-ring (bicyclic) bond motifs is 1. The van der Waals surface area contributed by atoms with Gasteiger partial charge in [0.05, 0.1) is 35.5 Å². The fourth-order valence-electron chi connectivity index (χ4n) is 4.66. The van der Waals surface area contributed by atoms with E-state index in [2.05, 4.69) is 15.3 Å². The second-order valence-corrected chi connectivity index (χ2v) is 12.1. The first-order chi connectivity index (χ1) is 22.9. The molecule has 0 saturated carbocycles. The predicted octanol–water partition coefficient (Wildman–Crippen LogP) is 5.00. The van der Waals surface area contributed by atoms with Crippen LogP contribution in [0, 0.1) is 19.3 Å². The van der Waals surface area contributed by atoms with Gasteiger partial charge in [0.25, 0.3) is 16.0 Å². The second kappa shape index (κ2) is 15.8. The molecular formula is C34H37N7O6S. The zero-order valence-corrected chi connectivity index (χ0v) is 27.5. The maximum atomic E-state index is 13.6. The first-order valence-corrected chi connectivity index (χ1v) is 16.4. The number of aryl methyl sites for hydroxylation is 2. The van der Waals surface area contributed by atoms with E-state index in [1.165, 1.54) is 17.0 Å². The molecule has 0 spiro atoms. The number of nitrogens with two attached hydrogens (primary N) is 1. The molecule has 1 amide bonds. The largest absolute Gasteiger partial charge is 0.466 e. The molecule has 0 atom stereocenters. The Balaban J connectivity index is 0.000000401. The highest BCUT2D eigenvalue weighted by molar-refractivity contribution is 7.85. The lowest BCUT2D eigenvalue weighted by atomic mass is 10.1. The quantitative estimate of drug-likeness (QED) is 0.0550. The summed E-state index contributed by atoms with van der Waals surface area (Å²) in [7, 11) is -4.02. The summed E-state index contributed by atoms with van der Waals surface area (Å²) in [6.07, 6.45) is 1.67. The number of anilines is 2. The molecule has 0 aliphatic heterocycles. The highest BCUT2D eigenvalue weighted by atomic mass is 32.2. The van der Waals surface area contributed by atoms with Gasteiger partial charge in [-0.25, -0.2) is 9.97 Å². The lowest BCUT2D eigenvalue weighted by Gasteiger charge is -2.22. The van der Waals surface area contributed by atoms with Crippen LogP contribution in [0.25, 0.3) is 11.0 Å². The van der Waals surface area contributed by atoms with Crippen LogP contribution in [0.4, 0.5) is 11.5 Å². The Hall–Kier alpha value is -5.60. The lowest BCUT2D eigenvalue weighted by molar-refractivity contribution is -0.142. The molecule has 0 saturated heterocycles. The summed E-state index contributed by atoms with van der Waals surface area (Å²) in [5.41, 5.74) is 10.7. The maximum absolute atomic E-state index is 13.6. The zero-order valence-electron chi connectivity index (χ0n) is 26.7. The van der Waals surface area contributed by atoms with Crippen LogP contribution in [-0.4, -0.2) is 58.8 Å². The molecule has 0 aliphatic rings. The summed E-state index contributed by atoms with van der Waals surface area (Å²) in [5, 5.41) is 10.8. The SMILES string of the molecule is CCOC(=O)CCN(C(=O)c1ccc2[nH]c(CNc3ccc(C(=N)N)cc3)nc2c1C)c1ccccn1.Cc1ccc(S(=O)(=O)O)cc1. The molecule has 0 aliphatic carbocycles. The minimum Gasteiger partial charge on any atom is -0.466 e. The van der Waals surface area contributed by atoms with Crippen molar-refractivity contribution in [2.45, 2.75) is 38.6 Å². The Bertz CT molecular complexity index is 2000. The molecule has 0 fully saturated rings. The third-order valence-corrected chi connectivity index (χ3v) is 8.05. The van der Waals surface area contributed by atoms with Crippen LogP contribution in [0.15, 0.2) is 90.0 Å². The third-order valence-electron chi connectivity index (χ3n) is 7.18. The molecule has 14 heteroatoms. The number of aromatic amines is 1. The van der Waals surface area contributed by atoms with Crippen molar-refractivity contribution in [3.63, 3.8) is 0 Å². The lowest BCUT2D eigenvalue weighted by Crippen LogP contribution is -2.34. The highest BCUT2D eigenvalue weighted by Crippen LogP contribution is 2.24. The smallest absolute Gasteiger partial charge is 0.307 e. The van der Waals surface area contributed by atoms with Gasteiger partial charge in [0.1, 0.15) is 17.5 Å². The molecule has 3 aromatic carbocycles. The van der Waals surface area contributed by atoms with Gasteiger partial charge in [0.2, 0.25) is 0 Å². The van der Waals surface area contributed by atoms with Crippen LogP contribution in [-0.2, 0) is 26.2 Å². The van der Waals surface area contributed by atoms with Crippen LogP contribution >= 0.6 is 0 Å². The summed E-state index contributed by atoms with van der Waals surface area (Å²) in [6.45, 7) is 6.31. The molecule has 2 heterocycles. The molecule has 48 heavy (non-hydrogen) atoms. The molecular weight excluding hydrogens is 634 g/mol. The van der Waals surface area contributed by atoms with E-state index in [4.69, 9.17) is 25.4 Å². The molecule has 0 radical (unpaired) electrons. The van der Waals surface area contributed by atoms with Crippen molar-refractivity contribution in [1.29, 1.82) is 5.41 Å². The number of carbonyl (C=O) groups is 2. The number of hydrogen-bond donors (Lipinski definition) is 5. The van der Waals surface area contributed by atoms with Gasteiger partial charge in [-0.1, -0.05) is 23.8 Å². The Labute approximate surface area is 278 Å². The molecule has 13 nitrogen and oxygen atoms in total.